The zero-order chi connectivity index (χ0) is 26.3. The molecule has 0 amide bonds. The van der Waals surface area contributed by atoms with Crippen LogP contribution in [0.4, 0.5) is 5.69 Å². The number of methoxy groups -OCH3 is 1. The number of pyridine rings is 1. The summed E-state index contributed by atoms with van der Waals surface area (Å²) in [6, 6.07) is 32.4. The van der Waals surface area contributed by atoms with E-state index >= 15 is 0 Å². The Morgan fingerprint density at radius 3 is 2.32 bits per heavy atom. The van der Waals surface area contributed by atoms with E-state index in [0.717, 1.165) is 52.2 Å². The molecular weight excluding hydrogens is 472 g/mol. The van der Waals surface area contributed by atoms with Gasteiger partial charge >= 0.3 is 5.97 Å². The van der Waals surface area contributed by atoms with Crippen molar-refractivity contribution in [3.8, 4) is 16.9 Å². The molecule has 1 aliphatic heterocycles. The number of aromatic nitrogens is 1. The lowest BCUT2D eigenvalue weighted by molar-refractivity contribution is 0.0232. The lowest BCUT2D eigenvalue weighted by Gasteiger charge is -2.33. The van der Waals surface area contributed by atoms with Crippen LogP contribution in [0, 0.1) is 0 Å². The fourth-order valence-electron chi connectivity index (χ4n) is 5.80. The molecule has 6 rings (SSSR count). The van der Waals surface area contributed by atoms with Crippen LogP contribution in [0.1, 0.15) is 41.0 Å². The summed E-state index contributed by atoms with van der Waals surface area (Å²) in [4.78, 5) is 15.8. The number of hydrogen-bond acceptors (Lipinski definition) is 4. The summed E-state index contributed by atoms with van der Waals surface area (Å²) in [5.74, 6) is 0.323. The van der Waals surface area contributed by atoms with Gasteiger partial charge in [0.1, 0.15) is 5.75 Å². The summed E-state index contributed by atoms with van der Waals surface area (Å²) in [5, 5.41) is 0. The number of ether oxygens (including phenoxy) is 2. The van der Waals surface area contributed by atoms with Gasteiger partial charge in [0.15, 0.2) is 0 Å². The van der Waals surface area contributed by atoms with Crippen LogP contribution in [0.5, 0.6) is 5.75 Å². The first-order chi connectivity index (χ1) is 18.6. The summed E-state index contributed by atoms with van der Waals surface area (Å²) in [7, 11) is 1.68. The number of carbonyl (C=O) groups is 1. The Hall–Kier alpha value is -4.51. The third-order valence-electron chi connectivity index (χ3n) is 7.56. The smallest absolute Gasteiger partial charge is 0.340 e. The quantitative estimate of drug-likeness (QED) is 0.227. The van der Waals surface area contributed by atoms with Crippen LogP contribution < -0.4 is 9.64 Å². The molecule has 3 aromatic carbocycles. The van der Waals surface area contributed by atoms with Crippen LogP contribution in [0.2, 0.25) is 0 Å². The molecule has 2 aromatic heterocycles. The Bertz CT molecular complexity index is 1640. The van der Waals surface area contributed by atoms with Gasteiger partial charge in [0.25, 0.3) is 0 Å². The first-order valence-electron chi connectivity index (χ1n) is 13.0. The maximum Gasteiger partial charge on any atom is 0.340 e. The molecule has 5 heteroatoms. The van der Waals surface area contributed by atoms with Crippen molar-refractivity contribution in [2.45, 2.75) is 19.4 Å². The van der Waals surface area contributed by atoms with Gasteiger partial charge in [0.2, 0.25) is 5.60 Å². The molecule has 5 nitrogen and oxygen atoms in total. The average Bonchev–Trinajstić information content (AvgIpc) is 3.50. The minimum atomic E-state index is -1.22. The van der Waals surface area contributed by atoms with E-state index in [1.54, 1.807) is 7.11 Å². The number of fused-ring (bicyclic) bond motifs is 2. The molecule has 0 aliphatic carbocycles. The van der Waals surface area contributed by atoms with Crippen LogP contribution >= 0.6 is 0 Å². The number of carbonyl (C=O) groups excluding carboxylic acids is 1. The van der Waals surface area contributed by atoms with Crippen molar-refractivity contribution in [2.75, 3.05) is 25.1 Å². The van der Waals surface area contributed by atoms with Gasteiger partial charge in [-0.3, -0.25) is 0 Å². The number of anilines is 1. The second kappa shape index (κ2) is 9.42. The van der Waals surface area contributed by atoms with E-state index in [1.165, 1.54) is 0 Å². The summed E-state index contributed by atoms with van der Waals surface area (Å²) in [5.41, 5.74) is 5.92. The fourth-order valence-corrected chi connectivity index (χ4v) is 5.80. The van der Waals surface area contributed by atoms with Crippen molar-refractivity contribution in [1.82, 2.24) is 4.40 Å². The zero-order valence-electron chi connectivity index (χ0n) is 21.8. The number of benzene rings is 3. The van der Waals surface area contributed by atoms with Gasteiger partial charge in [-0.15, -0.1) is 0 Å². The number of rotatable bonds is 7. The predicted octanol–water partition coefficient (Wildman–Crippen LogP) is 6.92. The first kappa shape index (κ1) is 23.9. The summed E-state index contributed by atoms with van der Waals surface area (Å²) < 4.78 is 14.7. The van der Waals surface area contributed by atoms with E-state index < -0.39 is 5.60 Å². The van der Waals surface area contributed by atoms with Crippen molar-refractivity contribution < 1.29 is 14.3 Å². The monoisotopic (exact) mass is 502 g/mol. The topological polar surface area (TPSA) is 43.2 Å². The largest absolute Gasteiger partial charge is 0.496 e. The third kappa shape index (κ3) is 3.50. The molecular formula is C33H30N2O3. The summed E-state index contributed by atoms with van der Waals surface area (Å²) in [6.07, 6.45) is 2.03. The van der Waals surface area contributed by atoms with E-state index in [2.05, 4.69) is 65.6 Å². The molecule has 5 aromatic rings. The van der Waals surface area contributed by atoms with Crippen molar-refractivity contribution >= 4 is 17.2 Å². The Balaban J connectivity index is 1.74. The average molecular weight is 503 g/mol. The van der Waals surface area contributed by atoms with E-state index in [9.17, 15) is 4.79 Å². The van der Waals surface area contributed by atoms with Crippen LogP contribution in [0.15, 0.2) is 103 Å². The summed E-state index contributed by atoms with van der Waals surface area (Å²) >= 11 is 0. The SMILES string of the molecule is CCN(CC)c1ccc(C2(c3c(-c4ccccc4)cc4ccccn34)OC(=O)c3ccccc32)c(OC)c1. The van der Waals surface area contributed by atoms with Crippen LogP contribution in [-0.4, -0.2) is 30.6 Å². The van der Waals surface area contributed by atoms with Gasteiger partial charge in [-0.25, -0.2) is 4.79 Å². The number of hydrogen-bond donors (Lipinski definition) is 0. The molecule has 0 bridgehead atoms. The minimum Gasteiger partial charge on any atom is -0.496 e. The molecule has 0 spiro atoms. The number of esters is 1. The lowest BCUT2D eigenvalue weighted by atomic mass is 9.79. The minimum absolute atomic E-state index is 0.347. The highest BCUT2D eigenvalue weighted by atomic mass is 16.6. The molecule has 0 N–H and O–H groups in total. The normalized spacial score (nSPS) is 16.3. The van der Waals surface area contributed by atoms with E-state index in [-0.39, 0.29) is 5.97 Å². The third-order valence-corrected chi connectivity index (χ3v) is 7.56. The highest BCUT2D eigenvalue weighted by Crippen LogP contribution is 2.53. The van der Waals surface area contributed by atoms with Crippen molar-refractivity contribution in [2.24, 2.45) is 0 Å². The van der Waals surface area contributed by atoms with Gasteiger partial charge < -0.3 is 18.8 Å². The van der Waals surface area contributed by atoms with Gasteiger partial charge in [-0.1, -0.05) is 54.6 Å². The molecule has 0 saturated carbocycles. The number of cyclic esters (lactones) is 1. The highest BCUT2D eigenvalue weighted by Gasteiger charge is 2.53. The van der Waals surface area contributed by atoms with Crippen molar-refractivity contribution in [1.29, 1.82) is 0 Å². The van der Waals surface area contributed by atoms with Gasteiger partial charge in [-0.2, -0.15) is 0 Å². The second-order valence-electron chi connectivity index (χ2n) is 9.44. The van der Waals surface area contributed by atoms with Gasteiger partial charge in [0.05, 0.1) is 18.4 Å². The van der Waals surface area contributed by atoms with Crippen molar-refractivity contribution in [3.05, 3.63) is 126 Å². The molecule has 38 heavy (non-hydrogen) atoms. The number of nitrogens with zero attached hydrogens (tertiary/aromatic N) is 2. The molecule has 0 saturated heterocycles. The first-order valence-corrected chi connectivity index (χ1v) is 13.0. The molecule has 0 radical (unpaired) electrons. The Morgan fingerprint density at radius 1 is 0.816 bits per heavy atom. The fraction of sp³-hybridized carbons (Fsp3) is 0.182. The Kier molecular flexibility index (Phi) is 5.91. The standard InChI is InChI=1S/C33H30N2O3/c1-4-34(5-2)24-18-19-29(30(22-24)37-3)33(28-17-10-9-16-26(28)32(36)38-33)31-27(23-13-7-6-8-14-23)21-25-15-11-12-20-35(25)31/h6-22H,4-5H2,1-3H3. The second-order valence-corrected chi connectivity index (χ2v) is 9.44. The maximum atomic E-state index is 13.5. The molecule has 1 aliphatic rings. The highest BCUT2D eigenvalue weighted by molar-refractivity contribution is 5.97. The molecule has 1 unspecified atom stereocenters. The van der Waals surface area contributed by atoms with E-state index in [0.29, 0.717) is 11.3 Å². The Morgan fingerprint density at radius 2 is 1.55 bits per heavy atom. The molecule has 0 fully saturated rings. The summed E-state index contributed by atoms with van der Waals surface area (Å²) in [6.45, 7) is 6.03. The van der Waals surface area contributed by atoms with Gasteiger partial charge in [0, 0.05) is 53.2 Å². The van der Waals surface area contributed by atoms with Crippen LogP contribution in [0.3, 0.4) is 0 Å². The predicted molar refractivity (Wildman–Crippen MR) is 151 cm³/mol. The van der Waals surface area contributed by atoms with E-state index in [4.69, 9.17) is 9.47 Å². The van der Waals surface area contributed by atoms with Crippen molar-refractivity contribution in [3.63, 3.8) is 0 Å². The Labute approximate surface area is 222 Å². The zero-order valence-corrected chi connectivity index (χ0v) is 21.8. The molecule has 1 atom stereocenters. The van der Waals surface area contributed by atoms with Crippen LogP contribution in [0.25, 0.3) is 16.6 Å². The maximum absolute atomic E-state index is 13.5. The molecule has 3 heterocycles. The van der Waals surface area contributed by atoms with Crippen LogP contribution in [-0.2, 0) is 10.3 Å². The van der Waals surface area contributed by atoms with Gasteiger partial charge in [-0.05, 0) is 55.8 Å². The van der Waals surface area contributed by atoms with E-state index in [1.807, 2.05) is 60.8 Å². The lowest BCUT2D eigenvalue weighted by Crippen LogP contribution is -2.32. The molecule has 190 valence electrons.